The maximum Gasteiger partial charge on any atom is 0.306 e. The van der Waals surface area contributed by atoms with E-state index in [1.165, 1.54) is 0 Å². The van der Waals surface area contributed by atoms with Crippen LogP contribution in [0.5, 0.6) is 0 Å². The predicted molar refractivity (Wildman–Crippen MR) is 104 cm³/mol. The standard InChI is InChI=1S/C22H31F3O4/c1-2-3-10-15-28-20(26)11-8-6-4-5-7-9-12-21(27)29-16-17-18(23)13-14-19(24)22(17)25/h13-14H,2-12,15-16H2,1H3. The molecule has 7 heteroatoms. The van der Waals surface area contributed by atoms with E-state index >= 15 is 0 Å². The fourth-order valence-electron chi connectivity index (χ4n) is 2.78. The molecule has 164 valence electrons. The molecule has 1 aromatic rings. The summed E-state index contributed by atoms with van der Waals surface area (Å²) in [6.07, 6.45) is 8.67. The first-order chi connectivity index (χ1) is 14.0. The minimum Gasteiger partial charge on any atom is -0.466 e. The Hall–Kier alpha value is -2.05. The van der Waals surface area contributed by atoms with Gasteiger partial charge in [-0.1, -0.05) is 45.4 Å². The normalized spacial score (nSPS) is 10.8. The third-order valence-corrected chi connectivity index (χ3v) is 4.54. The molecule has 0 saturated carbocycles. The second-order valence-electron chi connectivity index (χ2n) is 7.03. The van der Waals surface area contributed by atoms with Crippen molar-refractivity contribution in [1.29, 1.82) is 0 Å². The molecule has 4 nitrogen and oxygen atoms in total. The van der Waals surface area contributed by atoms with Crippen LogP contribution in [0.3, 0.4) is 0 Å². The zero-order valence-electron chi connectivity index (χ0n) is 17.1. The minimum absolute atomic E-state index is 0.142. The van der Waals surface area contributed by atoms with Gasteiger partial charge >= 0.3 is 11.9 Å². The quantitative estimate of drug-likeness (QED) is 0.200. The molecule has 0 aliphatic rings. The number of halogens is 3. The molecular weight excluding hydrogens is 385 g/mol. The summed E-state index contributed by atoms with van der Waals surface area (Å²) in [7, 11) is 0. The zero-order chi connectivity index (χ0) is 21.5. The molecule has 0 heterocycles. The Labute approximate surface area is 170 Å². The van der Waals surface area contributed by atoms with Crippen LogP contribution in [0.15, 0.2) is 12.1 Å². The Morgan fingerprint density at radius 3 is 1.93 bits per heavy atom. The average Bonchev–Trinajstić information content (AvgIpc) is 2.70. The fourth-order valence-corrected chi connectivity index (χ4v) is 2.78. The van der Waals surface area contributed by atoms with E-state index in [1.807, 2.05) is 0 Å². The summed E-state index contributed by atoms with van der Waals surface area (Å²) >= 11 is 0. The maximum atomic E-state index is 13.5. The highest BCUT2D eigenvalue weighted by Crippen LogP contribution is 2.17. The highest BCUT2D eigenvalue weighted by molar-refractivity contribution is 5.69. The van der Waals surface area contributed by atoms with Crippen molar-refractivity contribution in [1.82, 2.24) is 0 Å². The first-order valence-corrected chi connectivity index (χ1v) is 10.4. The van der Waals surface area contributed by atoms with Crippen LogP contribution in [-0.4, -0.2) is 18.5 Å². The van der Waals surface area contributed by atoms with E-state index < -0.39 is 35.6 Å². The number of carbonyl (C=O) groups excluding carboxylic acids is 2. The molecule has 1 aromatic carbocycles. The highest BCUT2D eigenvalue weighted by Gasteiger charge is 2.15. The van der Waals surface area contributed by atoms with E-state index in [4.69, 9.17) is 9.47 Å². The first kappa shape index (κ1) is 25.0. The Kier molecular flexibility index (Phi) is 12.8. The third kappa shape index (κ3) is 10.9. The van der Waals surface area contributed by atoms with Crippen LogP contribution in [0.25, 0.3) is 0 Å². The molecule has 1 rings (SSSR count). The van der Waals surface area contributed by atoms with E-state index in [9.17, 15) is 22.8 Å². The van der Waals surface area contributed by atoms with Crippen molar-refractivity contribution in [2.75, 3.05) is 6.61 Å². The Balaban J connectivity index is 2.02. The van der Waals surface area contributed by atoms with Crippen LogP contribution in [0, 0.1) is 17.5 Å². The number of rotatable bonds is 15. The molecule has 29 heavy (non-hydrogen) atoms. The van der Waals surface area contributed by atoms with Gasteiger partial charge in [-0.05, 0) is 31.4 Å². The Morgan fingerprint density at radius 1 is 0.759 bits per heavy atom. The number of ether oxygens (including phenoxy) is 2. The molecule has 0 aliphatic carbocycles. The third-order valence-electron chi connectivity index (χ3n) is 4.54. The van der Waals surface area contributed by atoms with Gasteiger partial charge in [-0.15, -0.1) is 0 Å². The number of carbonyl (C=O) groups is 2. The van der Waals surface area contributed by atoms with Crippen LogP contribution in [-0.2, 0) is 25.7 Å². The first-order valence-electron chi connectivity index (χ1n) is 10.4. The van der Waals surface area contributed by atoms with Crippen molar-refractivity contribution >= 4 is 11.9 Å². The van der Waals surface area contributed by atoms with E-state index in [-0.39, 0.29) is 12.4 Å². The predicted octanol–water partition coefficient (Wildman–Crippen LogP) is 6.00. The highest BCUT2D eigenvalue weighted by atomic mass is 19.2. The van der Waals surface area contributed by atoms with Gasteiger partial charge < -0.3 is 9.47 Å². The van der Waals surface area contributed by atoms with E-state index in [2.05, 4.69) is 6.92 Å². The van der Waals surface area contributed by atoms with Gasteiger partial charge in [-0.3, -0.25) is 9.59 Å². The molecule has 0 radical (unpaired) electrons. The van der Waals surface area contributed by atoms with Gasteiger partial charge in [-0.2, -0.15) is 0 Å². The van der Waals surface area contributed by atoms with Crippen molar-refractivity contribution in [2.45, 2.75) is 84.2 Å². The second-order valence-corrected chi connectivity index (χ2v) is 7.03. The van der Waals surface area contributed by atoms with Crippen LogP contribution in [0.4, 0.5) is 13.2 Å². The number of benzene rings is 1. The molecule has 0 spiro atoms. The lowest BCUT2D eigenvalue weighted by atomic mass is 10.1. The molecule has 0 fully saturated rings. The largest absolute Gasteiger partial charge is 0.466 e. The second kappa shape index (κ2) is 14.9. The Bertz CT molecular complexity index is 635. The summed E-state index contributed by atoms with van der Waals surface area (Å²) < 4.78 is 50.0. The van der Waals surface area contributed by atoms with Gasteiger partial charge in [0.25, 0.3) is 0 Å². The summed E-state index contributed by atoms with van der Waals surface area (Å²) in [5.74, 6) is -4.17. The zero-order valence-corrected chi connectivity index (χ0v) is 17.1. The van der Waals surface area contributed by atoms with Crippen molar-refractivity contribution in [3.05, 3.63) is 35.1 Å². The molecular formula is C22H31F3O4. The van der Waals surface area contributed by atoms with E-state index in [0.717, 1.165) is 57.4 Å². The summed E-state index contributed by atoms with van der Waals surface area (Å²) in [6.45, 7) is 1.98. The van der Waals surface area contributed by atoms with Crippen molar-refractivity contribution in [3.8, 4) is 0 Å². The van der Waals surface area contributed by atoms with Crippen molar-refractivity contribution < 1.29 is 32.2 Å². The van der Waals surface area contributed by atoms with Gasteiger partial charge in [0, 0.05) is 12.8 Å². The lowest BCUT2D eigenvalue weighted by molar-refractivity contribution is -0.145. The molecule has 0 unspecified atom stereocenters. The van der Waals surface area contributed by atoms with Gasteiger partial charge in [-0.25, -0.2) is 13.2 Å². The Morgan fingerprint density at radius 2 is 1.31 bits per heavy atom. The molecule has 0 N–H and O–H groups in total. The molecule has 0 aliphatic heterocycles. The summed E-state index contributed by atoms with van der Waals surface area (Å²) in [5.41, 5.74) is -0.581. The topological polar surface area (TPSA) is 52.6 Å². The lowest BCUT2D eigenvalue weighted by Crippen LogP contribution is -2.08. The number of hydrogen-bond donors (Lipinski definition) is 0. The van der Waals surface area contributed by atoms with Crippen LogP contribution in [0.2, 0.25) is 0 Å². The molecule has 0 amide bonds. The van der Waals surface area contributed by atoms with Crippen LogP contribution < -0.4 is 0 Å². The summed E-state index contributed by atoms with van der Waals surface area (Å²) in [5, 5.41) is 0. The lowest BCUT2D eigenvalue weighted by Gasteiger charge is -2.07. The molecule has 0 saturated heterocycles. The van der Waals surface area contributed by atoms with Gasteiger partial charge in [0.2, 0.25) is 0 Å². The van der Waals surface area contributed by atoms with Crippen molar-refractivity contribution in [2.24, 2.45) is 0 Å². The molecule has 0 aromatic heterocycles. The average molecular weight is 416 g/mol. The number of esters is 2. The van der Waals surface area contributed by atoms with Crippen molar-refractivity contribution in [3.63, 3.8) is 0 Å². The summed E-state index contributed by atoms with van der Waals surface area (Å²) in [6, 6.07) is 1.49. The van der Waals surface area contributed by atoms with Crippen LogP contribution >= 0.6 is 0 Å². The van der Waals surface area contributed by atoms with E-state index in [0.29, 0.717) is 25.5 Å². The summed E-state index contributed by atoms with van der Waals surface area (Å²) in [4.78, 5) is 23.1. The fraction of sp³-hybridized carbons (Fsp3) is 0.636. The SMILES string of the molecule is CCCCCOC(=O)CCCCCCCCC(=O)OCc1c(F)ccc(F)c1F. The van der Waals surface area contributed by atoms with Gasteiger partial charge in [0.1, 0.15) is 12.4 Å². The van der Waals surface area contributed by atoms with E-state index in [1.54, 1.807) is 0 Å². The van der Waals surface area contributed by atoms with Gasteiger partial charge in [0.05, 0.1) is 12.2 Å². The van der Waals surface area contributed by atoms with Crippen LogP contribution in [0.1, 0.15) is 83.1 Å². The molecule has 0 atom stereocenters. The number of unbranched alkanes of at least 4 members (excludes halogenated alkanes) is 7. The smallest absolute Gasteiger partial charge is 0.306 e. The minimum atomic E-state index is -1.33. The number of hydrogen-bond acceptors (Lipinski definition) is 4. The molecule has 0 bridgehead atoms. The monoisotopic (exact) mass is 416 g/mol. The van der Waals surface area contributed by atoms with Gasteiger partial charge in [0.15, 0.2) is 11.6 Å². The maximum absolute atomic E-state index is 13.5.